The monoisotopic (exact) mass is 228 g/mol. The smallest absolute Gasteiger partial charge is 0.169 e. The maximum atomic E-state index is 5.82. The summed E-state index contributed by atoms with van der Waals surface area (Å²) in [6.45, 7) is 4.62. The van der Waals surface area contributed by atoms with Crippen LogP contribution in [-0.4, -0.2) is 6.61 Å². The van der Waals surface area contributed by atoms with Gasteiger partial charge >= 0.3 is 0 Å². The molecule has 2 rings (SSSR count). The third-order valence-electron chi connectivity index (χ3n) is 2.44. The Labute approximate surface area is 102 Å². The molecule has 0 aliphatic carbocycles. The van der Waals surface area contributed by atoms with Crippen LogP contribution in [-0.2, 0) is 0 Å². The zero-order valence-electron chi connectivity index (χ0n) is 10.1. The van der Waals surface area contributed by atoms with Gasteiger partial charge in [-0.3, -0.25) is 0 Å². The van der Waals surface area contributed by atoms with Gasteiger partial charge in [-0.1, -0.05) is 30.3 Å². The standard InChI is InChI=1S/C15H16O2/c1-3-16-15-12(2)8-7-11-14(15)17-13-9-5-4-6-10-13/h4-11H,3H2,1-2H3. The number of ether oxygens (including phenoxy) is 2. The third-order valence-corrected chi connectivity index (χ3v) is 2.44. The molecule has 0 radical (unpaired) electrons. The Morgan fingerprint density at radius 1 is 0.941 bits per heavy atom. The lowest BCUT2D eigenvalue weighted by Gasteiger charge is -2.13. The van der Waals surface area contributed by atoms with Gasteiger partial charge in [-0.2, -0.15) is 0 Å². The summed E-state index contributed by atoms with van der Waals surface area (Å²) in [5.41, 5.74) is 1.08. The van der Waals surface area contributed by atoms with Crippen molar-refractivity contribution in [3.05, 3.63) is 54.1 Å². The Hall–Kier alpha value is -1.96. The summed E-state index contributed by atoms with van der Waals surface area (Å²) in [4.78, 5) is 0. The van der Waals surface area contributed by atoms with Crippen LogP contribution in [0.5, 0.6) is 17.2 Å². The van der Waals surface area contributed by atoms with Crippen molar-refractivity contribution in [3.8, 4) is 17.2 Å². The molecule has 0 saturated heterocycles. The summed E-state index contributed by atoms with van der Waals surface area (Å²) in [5.74, 6) is 2.40. The third kappa shape index (κ3) is 2.78. The highest BCUT2D eigenvalue weighted by atomic mass is 16.5. The van der Waals surface area contributed by atoms with Crippen molar-refractivity contribution in [2.24, 2.45) is 0 Å². The SMILES string of the molecule is CCOc1c(C)cccc1Oc1ccccc1. The molecule has 2 nitrogen and oxygen atoms in total. The predicted octanol–water partition coefficient (Wildman–Crippen LogP) is 4.19. The van der Waals surface area contributed by atoms with Crippen LogP contribution in [0.4, 0.5) is 0 Å². The first kappa shape index (κ1) is 11.5. The fourth-order valence-electron chi connectivity index (χ4n) is 1.65. The normalized spacial score (nSPS) is 10.0. The van der Waals surface area contributed by atoms with Crippen molar-refractivity contribution >= 4 is 0 Å². The predicted molar refractivity (Wildman–Crippen MR) is 68.9 cm³/mol. The van der Waals surface area contributed by atoms with Crippen LogP contribution in [0, 0.1) is 6.92 Å². The number of benzene rings is 2. The largest absolute Gasteiger partial charge is 0.490 e. The van der Waals surface area contributed by atoms with Crippen molar-refractivity contribution in [3.63, 3.8) is 0 Å². The molecule has 88 valence electrons. The van der Waals surface area contributed by atoms with E-state index in [9.17, 15) is 0 Å². The lowest BCUT2D eigenvalue weighted by molar-refractivity contribution is 0.319. The lowest BCUT2D eigenvalue weighted by Crippen LogP contribution is -1.97. The van der Waals surface area contributed by atoms with E-state index in [0.717, 1.165) is 22.8 Å². The molecule has 0 heterocycles. The molecule has 17 heavy (non-hydrogen) atoms. The molecule has 0 N–H and O–H groups in total. The molecule has 2 aromatic rings. The maximum absolute atomic E-state index is 5.82. The molecule has 0 unspecified atom stereocenters. The van der Waals surface area contributed by atoms with Crippen LogP contribution < -0.4 is 9.47 Å². The van der Waals surface area contributed by atoms with Crippen LogP contribution in [0.15, 0.2) is 48.5 Å². The van der Waals surface area contributed by atoms with E-state index in [-0.39, 0.29) is 0 Å². The van der Waals surface area contributed by atoms with Gasteiger partial charge in [-0.25, -0.2) is 0 Å². The van der Waals surface area contributed by atoms with Crippen molar-refractivity contribution in [1.82, 2.24) is 0 Å². The van der Waals surface area contributed by atoms with Crippen molar-refractivity contribution < 1.29 is 9.47 Å². The van der Waals surface area contributed by atoms with Gasteiger partial charge in [0.25, 0.3) is 0 Å². The number of aryl methyl sites for hydroxylation is 1. The summed E-state index contributed by atoms with van der Waals surface area (Å²) in [7, 11) is 0. The summed E-state index contributed by atoms with van der Waals surface area (Å²) in [6.07, 6.45) is 0. The molecule has 2 heteroatoms. The summed E-state index contributed by atoms with van der Waals surface area (Å²) < 4.78 is 11.4. The van der Waals surface area contributed by atoms with Crippen molar-refractivity contribution in [2.45, 2.75) is 13.8 Å². The van der Waals surface area contributed by atoms with E-state index in [1.807, 2.05) is 62.4 Å². The van der Waals surface area contributed by atoms with Gasteiger partial charge in [0.05, 0.1) is 6.61 Å². The van der Waals surface area contributed by atoms with E-state index >= 15 is 0 Å². The number of rotatable bonds is 4. The molecule has 0 saturated carbocycles. The highest BCUT2D eigenvalue weighted by Crippen LogP contribution is 2.34. The molecular weight excluding hydrogens is 212 g/mol. The highest BCUT2D eigenvalue weighted by molar-refractivity contribution is 5.47. The van der Waals surface area contributed by atoms with Crippen LogP contribution in [0.1, 0.15) is 12.5 Å². The second-order valence-electron chi connectivity index (χ2n) is 3.75. The van der Waals surface area contributed by atoms with Crippen LogP contribution in [0.2, 0.25) is 0 Å². The molecule has 0 spiro atoms. The fourth-order valence-corrected chi connectivity index (χ4v) is 1.65. The molecule has 2 aromatic carbocycles. The average Bonchev–Trinajstić information content (AvgIpc) is 2.35. The Morgan fingerprint density at radius 3 is 2.41 bits per heavy atom. The van der Waals surface area contributed by atoms with Crippen molar-refractivity contribution in [2.75, 3.05) is 6.61 Å². The zero-order chi connectivity index (χ0) is 12.1. The molecule has 0 atom stereocenters. The van der Waals surface area contributed by atoms with E-state index in [1.54, 1.807) is 0 Å². The quantitative estimate of drug-likeness (QED) is 0.781. The maximum Gasteiger partial charge on any atom is 0.169 e. The minimum absolute atomic E-state index is 0.635. The molecule has 0 aromatic heterocycles. The van der Waals surface area contributed by atoms with Crippen LogP contribution >= 0.6 is 0 Å². The number of hydrogen-bond donors (Lipinski definition) is 0. The average molecular weight is 228 g/mol. The summed E-state index contributed by atoms with van der Waals surface area (Å²) >= 11 is 0. The van der Waals surface area contributed by atoms with E-state index in [1.165, 1.54) is 0 Å². The molecule has 0 fully saturated rings. The van der Waals surface area contributed by atoms with E-state index < -0.39 is 0 Å². The first-order chi connectivity index (χ1) is 8.31. The van der Waals surface area contributed by atoms with Gasteiger partial charge in [0.2, 0.25) is 0 Å². The highest BCUT2D eigenvalue weighted by Gasteiger charge is 2.08. The van der Waals surface area contributed by atoms with Crippen molar-refractivity contribution in [1.29, 1.82) is 0 Å². The van der Waals surface area contributed by atoms with Crippen LogP contribution in [0.25, 0.3) is 0 Å². The fraction of sp³-hybridized carbons (Fsp3) is 0.200. The molecule has 0 amide bonds. The first-order valence-corrected chi connectivity index (χ1v) is 5.76. The Bertz CT molecular complexity index is 478. The van der Waals surface area contributed by atoms with Gasteiger partial charge in [0, 0.05) is 0 Å². The van der Waals surface area contributed by atoms with Gasteiger partial charge in [0.1, 0.15) is 5.75 Å². The summed E-state index contributed by atoms with van der Waals surface area (Å²) in [5, 5.41) is 0. The van der Waals surface area contributed by atoms with E-state index in [2.05, 4.69) is 0 Å². The molecule has 0 bridgehead atoms. The Kier molecular flexibility index (Phi) is 3.66. The lowest BCUT2D eigenvalue weighted by atomic mass is 10.2. The molecular formula is C15H16O2. The minimum Gasteiger partial charge on any atom is -0.490 e. The number of hydrogen-bond acceptors (Lipinski definition) is 2. The zero-order valence-corrected chi connectivity index (χ0v) is 10.1. The first-order valence-electron chi connectivity index (χ1n) is 5.76. The van der Waals surface area contributed by atoms with Gasteiger partial charge in [0.15, 0.2) is 11.5 Å². The molecule has 0 aliphatic heterocycles. The topological polar surface area (TPSA) is 18.5 Å². The van der Waals surface area contributed by atoms with Gasteiger partial charge in [-0.15, -0.1) is 0 Å². The Balaban J connectivity index is 2.29. The van der Waals surface area contributed by atoms with Gasteiger partial charge < -0.3 is 9.47 Å². The second kappa shape index (κ2) is 5.39. The van der Waals surface area contributed by atoms with Gasteiger partial charge in [-0.05, 0) is 37.6 Å². The number of para-hydroxylation sites is 2. The van der Waals surface area contributed by atoms with E-state index in [0.29, 0.717) is 6.61 Å². The molecule has 0 aliphatic rings. The van der Waals surface area contributed by atoms with Crippen LogP contribution in [0.3, 0.4) is 0 Å². The second-order valence-corrected chi connectivity index (χ2v) is 3.75. The van der Waals surface area contributed by atoms with E-state index in [4.69, 9.17) is 9.47 Å². The minimum atomic E-state index is 0.635. The summed E-state index contributed by atoms with van der Waals surface area (Å²) in [6, 6.07) is 15.6. The Morgan fingerprint density at radius 2 is 1.71 bits per heavy atom.